The molecule has 1 fully saturated rings. The molecule has 204 valence electrons. The Morgan fingerprint density at radius 2 is 1.87 bits per heavy atom. The van der Waals surface area contributed by atoms with Crippen molar-refractivity contribution in [2.24, 2.45) is 5.92 Å². The number of benzene rings is 1. The third-order valence-corrected chi connectivity index (χ3v) is 9.29. The largest absolute Gasteiger partial charge is 0.489 e. The fraction of sp³-hybridized carbons (Fsp3) is 0.360. The van der Waals surface area contributed by atoms with Gasteiger partial charge < -0.3 is 14.2 Å². The van der Waals surface area contributed by atoms with Gasteiger partial charge in [-0.25, -0.2) is 13.2 Å². The van der Waals surface area contributed by atoms with Crippen molar-refractivity contribution < 1.29 is 36.2 Å². The lowest BCUT2D eigenvalue weighted by Crippen LogP contribution is -2.17. The maximum Gasteiger partial charge on any atom is 0.387 e. The maximum atomic E-state index is 13.2. The first kappa shape index (κ1) is 28.5. The summed E-state index contributed by atoms with van der Waals surface area (Å²) in [4.78, 5) is 17.0. The minimum atomic E-state index is -3.69. The van der Waals surface area contributed by atoms with Crippen molar-refractivity contribution in [2.45, 2.75) is 43.8 Å². The number of thiophene rings is 1. The predicted molar refractivity (Wildman–Crippen MR) is 139 cm³/mol. The lowest BCUT2D eigenvalue weighted by molar-refractivity contribution is -0.0515. The van der Waals surface area contributed by atoms with Crippen LogP contribution in [-0.4, -0.2) is 38.3 Å². The van der Waals surface area contributed by atoms with Gasteiger partial charge in [0.1, 0.15) is 11.0 Å². The number of sulfone groups is 1. The van der Waals surface area contributed by atoms with Gasteiger partial charge >= 0.3 is 12.6 Å². The number of nitrogens with zero attached hydrogens (tertiary/aromatic N) is 1. The summed E-state index contributed by atoms with van der Waals surface area (Å²) in [5, 5.41) is 1.95. The summed E-state index contributed by atoms with van der Waals surface area (Å²) in [5.74, 6) is -0.828. The second-order valence-corrected chi connectivity index (χ2v) is 12.5. The number of carbonyl (C=O) groups is 1. The molecule has 1 aliphatic rings. The fourth-order valence-electron chi connectivity index (χ4n) is 3.60. The Kier molecular flexibility index (Phi) is 9.12. The Balaban J connectivity index is 1.71. The average Bonchev–Trinajstić information content (AvgIpc) is 3.56. The molecule has 38 heavy (non-hydrogen) atoms. The van der Waals surface area contributed by atoms with E-state index in [1.54, 1.807) is 0 Å². The second kappa shape index (κ2) is 12.1. The van der Waals surface area contributed by atoms with Gasteiger partial charge in [-0.1, -0.05) is 36.2 Å². The van der Waals surface area contributed by atoms with Gasteiger partial charge in [-0.3, -0.25) is 4.98 Å². The number of aromatic nitrogens is 1. The average molecular weight is 606 g/mol. The monoisotopic (exact) mass is 605 g/mol. The first-order valence-corrected chi connectivity index (χ1v) is 14.9. The highest BCUT2D eigenvalue weighted by Crippen LogP contribution is 2.38. The molecule has 0 saturated heterocycles. The van der Waals surface area contributed by atoms with E-state index in [1.165, 1.54) is 49.0 Å². The van der Waals surface area contributed by atoms with Gasteiger partial charge in [0, 0.05) is 18.8 Å². The summed E-state index contributed by atoms with van der Waals surface area (Å²) in [6.45, 7) is -1.27. The SMILES string of the molecule is CCS(=O)(=O)c1ccsc1C(=O)O[C@@H](Cc1c(Cl)cncc1Cl)c1ccc(OC(F)F)c(OCC2CC2)c1. The number of alkyl halides is 2. The third kappa shape index (κ3) is 6.93. The minimum Gasteiger partial charge on any atom is -0.489 e. The summed E-state index contributed by atoms with van der Waals surface area (Å²) in [7, 11) is -3.69. The quantitative estimate of drug-likeness (QED) is 0.210. The van der Waals surface area contributed by atoms with E-state index in [4.69, 9.17) is 32.7 Å². The van der Waals surface area contributed by atoms with E-state index in [0.29, 0.717) is 23.7 Å². The third-order valence-electron chi connectivity index (χ3n) is 5.85. The van der Waals surface area contributed by atoms with Crippen LogP contribution in [0.4, 0.5) is 8.78 Å². The number of rotatable bonds is 12. The Morgan fingerprint density at radius 1 is 1.16 bits per heavy atom. The number of pyridine rings is 1. The van der Waals surface area contributed by atoms with E-state index >= 15 is 0 Å². The van der Waals surface area contributed by atoms with E-state index in [0.717, 1.165) is 24.2 Å². The lowest BCUT2D eigenvalue weighted by atomic mass is 10.0. The minimum absolute atomic E-state index is 0.00964. The molecule has 13 heteroatoms. The topological polar surface area (TPSA) is 91.8 Å². The highest BCUT2D eigenvalue weighted by Gasteiger charge is 2.29. The van der Waals surface area contributed by atoms with Crippen molar-refractivity contribution in [1.82, 2.24) is 4.98 Å². The van der Waals surface area contributed by atoms with Crippen LogP contribution in [-0.2, 0) is 21.0 Å². The Morgan fingerprint density at radius 3 is 2.50 bits per heavy atom. The Bertz CT molecular complexity index is 1390. The summed E-state index contributed by atoms with van der Waals surface area (Å²) < 4.78 is 67.2. The zero-order chi connectivity index (χ0) is 27.4. The molecule has 0 N–H and O–H groups in total. The number of carbonyl (C=O) groups excluding carboxylic acids is 1. The van der Waals surface area contributed by atoms with Crippen molar-refractivity contribution in [2.75, 3.05) is 12.4 Å². The van der Waals surface area contributed by atoms with Crippen LogP contribution < -0.4 is 9.47 Å². The molecule has 7 nitrogen and oxygen atoms in total. The molecule has 3 aromatic rings. The Labute approximate surface area is 232 Å². The molecule has 1 aromatic carbocycles. The molecule has 2 aromatic heterocycles. The van der Waals surface area contributed by atoms with Crippen LogP contribution >= 0.6 is 34.5 Å². The molecule has 1 atom stereocenters. The van der Waals surface area contributed by atoms with Crippen LogP contribution in [0.2, 0.25) is 10.0 Å². The second-order valence-electron chi connectivity index (χ2n) is 8.54. The van der Waals surface area contributed by atoms with Gasteiger partial charge in [-0.15, -0.1) is 11.3 Å². The Hall–Kier alpha value is -2.47. The van der Waals surface area contributed by atoms with Crippen LogP contribution in [0.5, 0.6) is 11.5 Å². The molecule has 4 rings (SSSR count). The molecule has 0 spiro atoms. The lowest BCUT2D eigenvalue weighted by Gasteiger charge is -2.21. The zero-order valence-electron chi connectivity index (χ0n) is 20.0. The van der Waals surface area contributed by atoms with Gasteiger partial charge in [0.25, 0.3) is 0 Å². The number of ether oxygens (including phenoxy) is 3. The van der Waals surface area contributed by atoms with Crippen molar-refractivity contribution in [3.63, 3.8) is 0 Å². The predicted octanol–water partition coefficient (Wildman–Crippen LogP) is 6.77. The molecule has 0 bridgehead atoms. The van der Waals surface area contributed by atoms with Crippen LogP contribution in [0.3, 0.4) is 0 Å². The standard InChI is InChI=1S/C25H23Cl2F2NO6S2/c1-2-38(32,33)22-7-8-37-23(22)24(31)35-20(10-16-17(26)11-30-12-18(16)27)15-5-6-19(36-25(28)29)21(9-15)34-13-14-3-4-14/h5-9,11-12,14,20,25H,2-4,10,13H2,1H3/t20-/m0/s1. The van der Waals surface area contributed by atoms with Gasteiger partial charge in [-0.2, -0.15) is 8.78 Å². The number of hydrogen-bond acceptors (Lipinski definition) is 8. The molecule has 0 unspecified atom stereocenters. The van der Waals surface area contributed by atoms with Crippen molar-refractivity contribution in [1.29, 1.82) is 0 Å². The van der Waals surface area contributed by atoms with Crippen LogP contribution in [0, 0.1) is 5.92 Å². The number of hydrogen-bond donors (Lipinski definition) is 0. The van der Waals surface area contributed by atoms with Crippen LogP contribution in [0.1, 0.15) is 46.7 Å². The van der Waals surface area contributed by atoms with E-state index in [-0.39, 0.29) is 43.5 Å². The molecule has 0 aliphatic heterocycles. The number of halogens is 4. The molecule has 0 amide bonds. The van der Waals surface area contributed by atoms with Crippen LogP contribution in [0.25, 0.3) is 0 Å². The van der Waals surface area contributed by atoms with Crippen molar-refractivity contribution >= 4 is 50.3 Å². The van der Waals surface area contributed by atoms with E-state index in [1.807, 2.05) is 0 Å². The summed E-state index contributed by atoms with van der Waals surface area (Å²) in [5.41, 5.74) is 0.813. The molecule has 1 aliphatic carbocycles. The van der Waals surface area contributed by atoms with Crippen LogP contribution in [0.15, 0.2) is 46.9 Å². The fourth-order valence-corrected chi connectivity index (χ4v) is 6.35. The molecule has 0 radical (unpaired) electrons. The van der Waals surface area contributed by atoms with Gasteiger partial charge in [0.2, 0.25) is 0 Å². The van der Waals surface area contributed by atoms with Crippen molar-refractivity contribution in [3.05, 3.63) is 68.1 Å². The van der Waals surface area contributed by atoms with Gasteiger partial charge in [0.15, 0.2) is 21.3 Å². The van der Waals surface area contributed by atoms with E-state index in [2.05, 4.69) is 9.72 Å². The zero-order valence-corrected chi connectivity index (χ0v) is 23.2. The molecular formula is C25H23Cl2F2NO6S2. The highest BCUT2D eigenvalue weighted by atomic mass is 35.5. The van der Waals surface area contributed by atoms with Gasteiger partial charge in [0.05, 0.1) is 27.3 Å². The molecule has 1 saturated carbocycles. The first-order valence-electron chi connectivity index (χ1n) is 11.6. The van der Waals surface area contributed by atoms with Gasteiger partial charge in [-0.05, 0) is 53.5 Å². The highest BCUT2D eigenvalue weighted by molar-refractivity contribution is 7.91. The molecule has 2 heterocycles. The first-order chi connectivity index (χ1) is 18.1. The smallest absolute Gasteiger partial charge is 0.387 e. The number of esters is 1. The maximum absolute atomic E-state index is 13.2. The summed E-state index contributed by atoms with van der Waals surface area (Å²) in [6, 6.07) is 5.57. The molecular weight excluding hydrogens is 583 g/mol. The van der Waals surface area contributed by atoms with E-state index in [9.17, 15) is 22.0 Å². The van der Waals surface area contributed by atoms with E-state index < -0.39 is 28.5 Å². The van der Waals surface area contributed by atoms with Crippen molar-refractivity contribution in [3.8, 4) is 11.5 Å². The summed E-state index contributed by atoms with van der Waals surface area (Å²) >= 11 is 13.6. The summed E-state index contributed by atoms with van der Waals surface area (Å²) in [6.07, 6.45) is 3.68. The normalized spacial score (nSPS) is 14.4.